The molecule has 0 fully saturated rings. The number of ether oxygens (including phenoxy) is 1. The lowest BCUT2D eigenvalue weighted by Crippen LogP contribution is -2.32. The summed E-state index contributed by atoms with van der Waals surface area (Å²) >= 11 is 5.91. The minimum atomic E-state index is -0.314. The molecule has 3 rings (SSSR count). The Bertz CT molecular complexity index is 997. The van der Waals surface area contributed by atoms with Crippen molar-refractivity contribution in [3.05, 3.63) is 65.3 Å². The monoisotopic (exact) mass is 426 g/mol. The first-order chi connectivity index (χ1) is 14.5. The maximum atomic E-state index is 11.9. The molecule has 1 heterocycles. The number of benzene rings is 2. The molecule has 0 spiro atoms. The molecule has 0 bridgehead atoms. The van der Waals surface area contributed by atoms with E-state index in [1.54, 1.807) is 31.4 Å². The quantitative estimate of drug-likeness (QED) is 0.398. The third kappa shape index (κ3) is 6.52. The molecule has 3 aromatic rings. The summed E-state index contributed by atoms with van der Waals surface area (Å²) < 4.78 is 5.16. The van der Waals surface area contributed by atoms with Crippen LogP contribution in [0.4, 0.5) is 27.9 Å². The summed E-state index contributed by atoms with van der Waals surface area (Å²) in [5, 5.41) is 12.4. The average molecular weight is 427 g/mol. The number of hydrogen-bond donors (Lipinski definition) is 4. The molecule has 156 valence electrons. The molecule has 8 nitrogen and oxygen atoms in total. The van der Waals surface area contributed by atoms with Crippen molar-refractivity contribution >= 4 is 40.8 Å². The molecule has 2 aromatic carbocycles. The van der Waals surface area contributed by atoms with E-state index < -0.39 is 0 Å². The Morgan fingerprint density at radius 2 is 1.83 bits per heavy atom. The number of methoxy groups -OCH3 is 1. The standard InChI is InChI=1S/C21H23ClN6O2/c1-14-12-19(26-16-6-8-18(30-2)9-7-16)28-20(25-14)23-10-11-24-21(29)27-17-5-3-4-15(22)13-17/h3-9,12-13H,10-11H2,1-2H3,(H2,24,27,29)(H2,23,25,26,28). The van der Waals surface area contributed by atoms with Crippen LogP contribution in [0.5, 0.6) is 5.75 Å². The Balaban J connectivity index is 1.48. The summed E-state index contributed by atoms with van der Waals surface area (Å²) in [5.41, 5.74) is 2.33. The topological polar surface area (TPSA) is 100 Å². The van der Waals surface area contributed by atoms with Gasteiger partial charge in [-0.25, -0.2) is 9.78 Å². The van der Waals surface area contributed by atoms with Crippen molar-refractivity contribution < 1.29 is 9.53 Å². The highest BCUT2D eigenvalue weighted by molar-refractivity contribution is 6.30. The maximum Gasteiger partial charge on any atom is 0.319 e. The highest BCUT2D eigenvalue weighted by Gasteiger charge is 2.05. The minimum Gasteiger partial charge on any atom is -0.497 e. The Kier molecular flexibility index (Phi) is 7.29. The molecule has 0 saturated heterocycles. The summed E-state index contributed by atoms with van der Waals surface area (Å²) in [7, 11) is 1.63. The predicted molar refractivity (Wildman–Crippen MR) is 120 cm³/mol. The van der Waals surface area contributed by atoms with Gasteiger partial charge in [-0.15, -0.1) is 0 Å². The molecular weight excluding hydrogens is 404 g/mol. The number of nitrogens with one attached hydrogen (secondary N) is 4. The summed E-state index contributed by atoms with van der Waals surface area (Å²) in [6.45, 7) is 2.75. The maximum absolute atomic E-state index is 11.9. The van der Waals surface area contributed by atoms with E-state index in [-0.39, 0.29) is 6.03 Å². The van der Waals surface area contributed by atoms with Gasteiger partial charge < -0.3 is 26.0 Å². The van der Waals surface area contributed by atoms with Gasteiger partial charge >= 0.3 is 6.03 Å². The van der Waals surface area contributed by atoms with Crippen molar-refractivity contribution in [3.63, 3.8) is 0 Å². The lowest BCUT2D eigenvalue weighted by molar-refractivity contribution is 0.252. The van der Waals surface area contributed by atoms with E-state index in [0.717, 1.165) is 17.1 Å². The number of carbonyl (C=O) groups excluding carboxylic acids is 1. The summed E-state index contributed by atoms with van der Waals surface area (Å²) in [4.78, 5) is 20.8. The Morgan fingerprint density at radius 1 is 1.03 bits per heavy atom. The fourth-order valence-electron chi connectivity index (χ4n) is 2.63. The van der Waals surface area contributed by atoms with E-state index in [9.17, 15) is 4.79 Å². The van der Waals surface area contributed by atoms with E-state index in [1.165, 1.54) is 0 Å². The van der Waals surface area contributed by atoms with Crippen LogP contribution < -0.4 is 26.0 Å². The third-order valence-corrected chi connectivity index (χ3v) is 4.23. The molecule has 4 N–H and O–H groups in total. The summed E-state index contributed by atoms with van der Waals surface area (Å²) in [6, 6.07) is 16.1. The zero-order valence-electron chi connectivity index (χ0n) is 16.7. The molecular formula is C21H23ClN6O2. The smallest absolute Gasteiger partial charge is 0.319 e. The SMILES string of the molecule is COc1ccc(Nc2cc(C)nc(NCCNC(=O)Nc3cccc(Cl)c3)n2)cc1. The van der Waals surface area contributed by atoms with Crippen LogP contribution >= 0.6 is 11.6 Å². The van der Waals surface area contributed by atoms with Crippen LogP contribution in [0.15, 0.2) is 54.6 Å². The fourth-order valence-corrected chi connectivity index (χ4v) is 2.82. The second kappa shape index (κ2) is 10.3. The molecule has 9 heteroatoms. The number of aryl methyl sites for hydroxylation is 1. The number of amides is 2. The number of aromatic nitrogens is 2. The largest absolute Gasteiger partial charge is 0.497 e. The molecule has 0 aliphatic heterocycles. The van der Waals surface area contributed by atoms with E-state index >= 15 is 0 Å². The third-order valence-electron chi connectivity index (χ3n) is 3.99. The molecule has 0 saturated carbocycles. The van der Waals surface area contributed by atoms with Crippen LogP contribution in [-0.4, -0.2) is 36.2 Å². The molecule has 0 atom stereocenters. The first-order valence-corrected chi connectivity index (χ1v) is 9.71. The van der Waals surface area contributed by atoms with Gasteiger partial charge in [0, 0.05) is 41.2 Å². The summed E-state index contributed by atoms with van der Waals surface area (Å²) in [6.07, 6.45) is 0. The normalized spacial score (nSPS) is 10.2. The van der Waals surface area contributed by atoms with Gasteiger partial charge in [-0.05, 0) is 49.4 Å². The van der Waals surface area contributed by atoms with Gasteiger partial charge in [0.25, 0.3) is 0 Å². The fraction of sp³-hybridized carbons (Fsp3) is 0.190. The van der Waals surface area contributed by atoms with Crippen LogP contribution in [0.2, 0.25) is 5.02 Å². The molecule has 30 heavy (non-hydrogen) atoms. The Labute approximate surface area is 180 Å². The van der Waals surface area contributed by atoms with Gasteiger partial charge in [0.1, 0.15) is 11.6 Å². The number of halogens is 1. The zero-order chi connectivity index (χ0) is 21.3. The lowest BCUT2D eigenvalue weighted by atomic mass is 10.3. The predicted octanol–water partition coefficient (Wildman–Crippen LogP) is 4.42. The van der Waals surface area contributed by atoms with E-state index in [2.05, 4.69) is 31.2 Å². The average Bonchev–Trinajstić information content (AvgIpc) is 2.71. The van der Waals surface area contributed by atoms with Crippen molar-refractivity contribution in [3.8, 4) is 5.75 Å². The highest BCUT2D eigenvalue weighted by Crippen LogP contribution is 2.20. The second-order valence-electron chi connectivity index (χ2n) is 6.39. The second-order valence-corrected chi connectivity index (χ2v) is 6.83. The molecule has 1 aromatic heterocycles. The summed E-state index contributed by atoms with van der Waals surface area (Å²) in [5.74, 6) is 1.93. The molecule has 0 radical (unpaired) electrons. The van der Waals surface area contributed by atoms with Gasteiger partial charge in [-0.3, -0.25) is 0 Å². The molecule has 0 aliphatic rings. The van der Waals surface area contributed by atoms with E-state index in [4.69, 9.17) is 16.3 Å². The van der Waals surface area contributed by atoms with Crippen molar-refractivity contribution in [2.45, 2.75) is 6.92 Å². The van der Waals surface area contributed by atoms with Crippen molar-refractivity contribution in [1.82, 2.24) is 15.3 Å². The van der Waals surface area contributed by atoms with Crippen molar-refractivity contribution in [2.75, 3.05) is 36.1 Å². The van der Waals surface area contributed by atoms with E-state index in [0.29, 0.717) is 35.6 Å². The number of nitrogens with zero attached hydrogens (tertiary/aromatic N) is 2. The van der Waals surface area contributed by atoms with Crippen LogP contribution in [0.3, 0.4) is 0 Å². The number of rotatable bonds is 8. The highest BCUT2D eigenvalue weighted by atomic mass is 35.5. The minimum absolute atomic E-state index is 0.314. The van der Waals surface area contributed by atoms with Crippen LogP contribution in [-0.2, 0) is 0 Å². The van der Waals surface area contributed by atoms with Crippen molar-refractivity contribution in [2.24, 2.45) is 0 Å². The molecule has 0 aliphatic carbocycles. The van der Waals surface area contributed by atoms with Gasteiger partial charge in [-0.2, -0.15) is 4.98 Å². The molecule has 2 amide bonds. The number of carbonyl (C=O) groups is 1. The van der Waals surface area contributed by atoms with Gasteiger partial charge in [0.15, 0.2) is 0 Å². The van der Waals surface area contributed by atoms with Crippen LogP contribution in [0.25, 0.3) is 0 Å². The first kappa shape index (κ1) is 21.2. The lowest BCUT2D eigenvalue weighted by Gasteiger charge is -2.11. The number of anilines is 4. The van der Waals surface area contributed by atoms with Gasteiger partial charge in [-0.1, -0.05) is 17.7 Å². The molecule has 0 unspecified atom stereocenters. The Morgan fingerprint density at radius 3 is 2.57 bits per heavy atom. The Hall–Kier alpha value is -3.52. The van der Waals surface area contributed by atoms with E-state index in [1.807, 2.05) is 37.3 Å². The van der Waals surface area contributed by atoms with Gasteiger partial charge in [0.05, 0.1) is 7.11 Å². The van der Waals surface area contributed by atoms with Gasteiger partial charge in [0.2, 0.25) is 5.95 Å². The van der Waals surface area contributed by atoms with Crippen LogP contribution in [0, 0.1) is 6.92 Å². The number of hydrogen-bond acceptors (Lipinski definition) is 6. The first-order valence-electron chi connectivity index (χ1n) is 9.33. The van der Waals surface area contributed by atoms with Crippen LogP contribution in [0.1, 0.15) is 5.69 Å². The zero-order valence-corrected chi connectivity index (χ0v) is 17.5. The number of urea groups is 1. The van der Waals surface area contributed by atoms with Crippen molar-refractivity contribution in [1.29, 1.82) is 0 Å².